The van der Waals surface area contributed by atoms with Gasteiger partial charge in [-0.2, -0.15) is 0 Å². The fourth-order valence-electron chi connectivity index (χ4n) is 1.65. The van der Waals surface area contributed by atoms with Gasteiger partial charge < -0.3 is 10.1 Å². The van der Waals surface area contributed by atoms with Crippen LogP contribution in [-0.4, -0.2) is 29.5 Å². The number of nitrogens with zero attached hydrogens (tertiary/aromatic N) is 1. The van der Waals surface area contributed by atoms with E-state index in [0.717, 1.165) is 17.8 Å². The SMILES string of the molecule is CCOC(=O)c1nc(C(=O)NC(CC)C(C)C)cs1. The van der Waals surface area contributed by atoms with Gasteiger partial charge in [-0.05, 0) is 19.3 Å². The average molecular weight is 284 g/mol. The first-order valence-corrected chi connectivity index (χ1v) is 7.31. The zero-order valence-electron chi connectivity index (χ0n) is 11.7. The fourth-order valence-corrected chi connectivity index (χ4v) is 2.34. The summed E-state index contributed by atoms with van der Waals surface area (Å²) >= 11 is 1.12. The summed E-state index contributed by atoms with van der Waals surface area (Å²) in [4.78, 5) is 27.5. The first-order valence-electron chi connectivity index (χ1n) is 6.43. The van der Waals surface area contributed by atoms with E-state index in [1.807, 2.05) is 6.92 Å². The van der Waals surface area contributed by atoms with E-state index in [0.29, 0.717) is 12.5 Å². The molecule has 19 heavy (non-hydrogen) atoms. The fraction of sp³-hybridized carbons (Fsp3) is 0.615. The number of ether oxygens (including phenoxy) is 1. The van der Waals surface area contributed by atoms with Gasteiger partial charge in [0, 0.05) is 11.4 Å². The quantitative estimate of drug-likeness (QED) is 0.815. The lowest BCUT2D eigenvalue weighted by atomic mass is 10.0. The van der Waals surface area contributed by atoms with Crippen LogP contribution >= 0.6 is 11.3 Å². The molecule has 0 spiro atoms. The normalized spacial score (nSPS) is 12.3. The molecule has 1 amide bonds. The minimum Gasteiger partial charge on any atom is -0.461 e. The van der Waals surface area contributed by atoms with Crippen molar-refractivity contribution in [2.45, 2.75) is 40.2 Å². The minimum absolute atomic E-state index is 0.111. The Balaban J connectivity index is 2.70. The number of esters is 1. The van der Waals surface area contributed by atoms with Gasteiger partial charge in [0.1, 0.15) is 5.69 Å². The van der Waals surface area contributed by atoms with E-state index in [1.54, 1.807) is 12.3 Å². The van der Waals surface area contributed by atoms with Crippen LogP contribution in [0.1, 0.15) is 54.4 Å². The smallest absolute Gasteiger partial charge is 0.367 e. The molecule has 1 rings (SSSR count). The molecule has 0 saturated heterocycles. The van der Waals surface area contributed by atoms with Crippen molar-refractivity contribution in [3.05, 3.63) is 16.1 Å². The Bertz CT molecular complexity index is 443. The Labute approximate surface area is 117 Å². The van der Waals surface area contributed by atoms with Crippen LogP contribution in [0.25, 0.3) is 0 Å². The van der Waals surface area contributed by atoms with E-state index < -0.39 is 5.97 Å². The molecular formula is C13H20N2O3S. The van der Waals surface area contributed by atoms with E-state index >= 15 is 0 Å². The van der Waals surface area contributed by atoms with Gasteiger partial charge in [0.15, 0.2) is 0 Å². The maximum Gasteiger partial charge on any atom is 0.367 e. The van der Waals surface area contributed by atoms with Crippen LogP contribution < -0.4 is 5.32 Å². The molecule has 6 heteroatoms. The van der Waals surface area contributed by atoms with E-state index in [9.17, 15) is 9.59 Å². The molecule has 1 N–H and O–H groups in total. The molecule has 0 radical (unpaired) electrons. The molecule has 1 aromatic rings. The zero-order valence-corrected chi connectivity index (χ0v) is 12.5. The van der Waals surface area contributed by atoms with Crippen LogP contribution in [0.15, 0.2) is 5.38 Å². The molecule has 0 fully saturated rings. The van der Waals surface area contributed by atoms with Crippen molar-refractivity contribution in [3.8, 4) is 0 Å². The lowest BCUT2D eigenvalue weighted by Crippen LogP contribution is -2.38. The van der Waals surface area contributed by atoms with E-state index in [1.165, 1.54) is 0 Å². The lowest BCUT2D eigenvalue weighted by molar-refractivity contribution is 0.0526. The summed E-state index contributed by atoms with van der Waals surface area (Å²) in [7, 11) is 0. The molecule has 0 aliphatic heterocycles. The molecule has 0 saturated carbocycles. The second-order valence-electron chi connectivity index (χ2n) is 4.49. The number of carbonyl (C=O) groups is 2. The van der Waals surface area contributed by atoms with Crippen molar-refractivity contribution < 1.29 is 14.3 Å². The van der Waals surface area contributed by atoms with Crippen molar-refractivity contribution in [1.82, 2.24) is 10.3 Å². The molecule has 1 heterocycles. The number of aromatic nitrogens is 1. The number of hydrogen-bond donors (Lipinski definition) is 1. The van der Waals surface area contributed by atoms with E-state index in [2.05, 4.69) is 24.1 Å². The van der Waals surface area contributed by atoms with E-state index in [4.69, 9.17) is 4.74 Å². The third-order valence-electron chi connectivity index (χ3n) is 2.75. The molecule has 5 nitrogen and oxygen atoms in total. The second-order valence-corrected chi connectivity index (χ2v) is 5.35. The van der Waals surface area contributed by atoms with Crippen LogP contribution in [-0.2, 0) is 4.74 Å². The molecule has 1 aromatic heterocycles. The van der Waals surface area contributed by atoms with Crippen molar-refractivity contribution in [3.63, 3.8) is 0 Å². The molecular weight excluding hydrogens is 264 g/mol. The number of rotatable bonds is 6. The van der Waals surface area contributed by atoms with Gasteiger partial charge in [0.25, 0.3) is 5.91 Å². The minimum atomic E-state index is -0.484. The lowest BCUT2D eigenvalue weighted by Gasteiger charge is -2.19. The summed E-state index contributed by atoms with van der Waals surface area (Å²) in [5.41, 5.74) is 0.271. The Kier molecular flexibility index (Phi) is 5.95. The summed E-state index contributed by atoms with van der Waals surface area (Å²) < 4.78 is 4.84. The number of nitrogens with one attached hydrogen (secondary N) is 1. The third kappa shape index (κ3) is 4.31. The molecule has 1 unspecified atom stereocenters. The highest BCUT2D eigenvalue weighted by Crippen LogP contribution is 2.12. The summed E-state index contributed by atoms with van der Waals surface area (Å²) in [6, 6.07) is 0.111. The van der Waals surface area contributed by atoms with Crippen molar-refractivity contribution in [2.24, 2.45) is 5.92 Å². The summed E-state index contributed by atoms with van der Waals surface area (Å²) in [6.45, 7) is 8.16. The standard InChI is InChI=1S/C13H20N2O3S/c1-5-9(8(3)4)14-11(16)10-7-19-12(15-10)13(17)18-6-2/h7-9H,5-6H2,1-4H3,(H,14,16). The van der Waals surface area contributed by atoms with Gasteiger partial charge in [0.05, 0.1) is 6.61 Å². The first-order chi connectivity index (χ1) is 8.99. The van der Waals surface area contributed by atoms with Crippen LogP contribution in [0.4, 0.5) is 0 Å². The van der Waals surface area contributed by atoms with Gasteiger partial charge in [-0.15, -0.1) is 11.3 Å². The van der Waals surface area contributed by atoms with Gasteiger partial charge in [-0.3, -0.25) is 4.79 Å². The van der Waals surface area contributed by atoms with Crippen LogP contribution in [0.5, 0.6) is 0 Å². The van der Waals surface area contributed by atoms with Crippen molar-refractivity contribution >= 4 is 23.2 Å². The molecule has 0 aliphatic rings. The number of thiazole rings is 1. The maximum atomic E-state index is 12.0. The predicted molar refractivity (Wildman–Crippen MR) is 74.5 cm³/mol. The Morgan fingerprint density at radius 1 is 1.42 bits per heavy atom. The Morgan fingerprint density at radius 2 is 2.11 bits per heavy atom. The van der Waals surface area contributed by atoms with Crippen LogP contribution in [0, 0.1) is 5.92 Å². The highest BCUT2D eigenvalue weighted by atomic mass is 32.1. The molecule has 1 atom stereocenters. The maximum absolute atomic E-state index is 12.0. The monoisotopic (exact) mass is 284 g/mol. The summed E-state index contributed by atoms with van der Waals surface area (Å²) in [6.07, 6.45) is 0.859. The summed E-state index contributed by atoms with van der Waals surface area (Å²) in [5.74, 6) is -0.369. The molecule has 0 aromatic carbocycles. The first kappa shape index (κ1) is 15.6. The number of amides is 1. The predicted octanol–water partition coefficient (Wildman–Crippen LogP) is 2.48. The molecule has 106 valence electrons. The highest BCUT2D eigenvalue weighted by molar-refractivity contribution is 7.11. The third-order valence-corrected chi connectivity index (χ3v) is 3.57. The summed E-state index contributed by atoms with van der Waals surface area (Å²) in [5, 5.41) is 4.71. The Hall–Kier alpha value is -1.43. The molecule has 0 bridgehead atoms. The van der Waals surface area contributed by atoms with Crippen molar-refractivity contribution in [1.29, 1.82) is 0 Å². The highest BCUT2D eigenvalue weighted by Gasteiger charge is 2.19. The van der Waals surface area contributed by atoms with Crippen LogP contribution in [0.3, 0.4) is 0 Å². The van der Waals surface area contributed by atoms with Crippen molar-refractivity contribution in [2.75, 3.05) is 6.61 Å². The topological polar surface area (TPSA) is 68.3 Å². The number of carbonyl (C=O) groups excluding carboxylic acids is 2. The number of hydrogen-bond acceptors (Lipinski definition) is 5. The van der Waals surface area contributed by atoms with E-state index in [-0.39, 0.29) is 22.7 Å². The van der Waals surface area contributed by atoms with Gasteiger partial charge in [0.2, 0.25) is 5.01 Å². The molecule has 0 aliphatic carbocycles. The largest absolute Gasteiger partial charge is 0.461 e. The van der Waals surface area contributed by atoms with Gasteiger partial charge in [-0.25, -0.2) is 9.78 Å². The Morgan fingerprint density at radius 3 is 2.63 bits per heavy atom. The van der Waals surface area contributed by atoms with Crippen LogP contribution in [0.2, 0.25) is 0 Å². The second kappa shape index (κ2) is 7.23. The average Bonchev–Trinajstić information content (AvgIpc) is 2.85. The zero-order chi connectivity index (χ0) is 14.4. The van der Waals surface area contributed by atoms with Gasteiger partial charge >= 0.3 is 5.97 Å². The van der Waals surface area contributed by atoms with Gasteiger partial charge in [-0.1, -0.05) is 20.8 Å².